The zero-order chi connectivity index (χ0) is 22.5. The topological polar surface area (TPSA) is 62.6 Å². The number of hydrogen-bond donors (Lipinski definition) is 0. The Bertz CT molecular complexity index is 1150. The lowest BCUT2D eigenvalue weighted by molar-refractivity contribution is -0.135. The number of pyridine rings is 1. The number of nitrogens with zero attached hydrogens (tertiary/aromatic N) is 3. The molecule has 1 saturated heterocycles. The van der Waals surface area contributed by atoms with Crippen molar-refractivity contribution in [2.45, 2.75) is 12.6 Å². The zero-order valence-electron chi connectivity index (χ0n) is 17.6. The summed E-state index contributed by atoms with van der Waals surface area (Å²) in [5, 5.41) is 0. The number of piperazine rings is 1. The van der Waals surface area contributed by atoms with Gasteiger partial charge in [-0.2, -0.15) is 0 Å². The van der Waals surface area contributed by atoms with Crippen molar-refractivity contribution in [3.63, 3.8) is 0 Å². The van der Waals surface area contributed by atoms with Crippen molar-refractivity contribution in [1.82, 2.24) is 14.4 Å². The predicted octanol–water partition coefficient (Wildman–Crippen LogP) is 3.38. The molecule has 1 fully saturated rings. The van der Waals surface area contributed by atoms with Gasteiger partial charge in [-0.25, -0.2) is 0 Å². The fraction of sp³-hybridized carbons (Fsp3) is 0.240. The average Bonchev–Trinajstić information content (AvgIpc) is 2.81. The number of aromatic nitrogens is 1. The third-order valence-electron chi connectivity index (χ3n) is 5.65. The maximum absolute atomic E-state index is 13.5. The van der Waals surface area contributed by atoms with Gasteiger partial charge in [0.1, 0.15) is 0 Å². The van der Waals surface area contributed by atoms with E-state index in [4.69, 9.17) is 0 Å². The summed E-state index contributed by atoms with van der Waals surface area (Å²) in [6.07, 6.45) is 1.51. The van der Waals surface area contributed by atoms with Crippen molar-refractivity contribution in [2.75, 3.05) is 26.2 Å². The Kier molecular flexibility index (Phi) is 6.97. The Labute approximate surface area is 195 Å². The summed E-state index contributed by atoms with van der Waals surface area (Å²) < 4.78 is 1.98. The van der Waals surface area contributed by atoms with Crippen molar-refractivity contribution in [3.8, 4) is 0 Å². The molecule has 3 aromatic rings. The van der Waals surface area contributed by atoms with Gasteiger partial charge in [-0.05, 0) is 23.8 Å². The van der Waals surface area contributed by atoms with Crippen molar-refractivity contribution >= 4 is 27.6 Å². The van der Waals surface area contributed by atoms with E-state index in [1.54, 1.807) is 35.2 Å². The highest BCUT2D eigenvalue weighted by atomic mass is 79.9. The van der Waals surface area contributed by atoms with E-state index in [-0.39, 0.29) is 11.5 Å². The molecule has 0 aliphatic carbocycles. The lowest BCUT2D eigenvalue weighted by atomic mass is 10.0. The molecule has 4 rings (SSSR count). The first-order chi connectivity index (χ1) is 15.5. The van der Waals surface area contributed by atoms with Gasteiger partial charge in [-0.1, -0.05) is 64.5 Å². The van der Waals surface area contributed by atoms with Crippen LogP contribution in [0.2, 0.25) is 0 Å². The van der Waals surface area contributed by atoms with Crippen LogP contribution >= 0.6 is 15.9 Å². The van der Waals surface area contributed by atoms with Crippen LogP contribution in [0, 0.1) is 0 Å². The number of amides is 1. The minimum atomic E-state index is -1.22. The monoisotopic (exact) mass is 493 g/mol. The van der Waals surface area contributed by atoms with Gasteiger partial charge in [-0.3, -0.25) is 23.9 Å². The summed E-state index contributed by atoms with van der Waals surface area (Å²) in [4.78, 5) is 43.4. The van der Waals surface area contributed by atoms with Crippen molar-refractivity contribution in [3.05, 3.63) is 105 Å². The van der Waals surface area contributed by atoms with Gasteiger partial charge in [0.25, 0.3) is 11.5 Å². The number of Topliss-reactive ketones (excluding diaryl/α,β-unsaturated/α-hetero) is 1. The van der Waals surface area contributed by atoms with Gasteiger partial charge in [0.05, 0.1) is 0 Å². The van der Waals surface area contributed by atoms with Crippen LogP contribution in [0.1, 0.15) is 22.0 Å². The highest BCUT2D eigenvalue weighted by molar-refractivity contribution is 9.10. The smallest absolute Gasteiger partial charge is 0.253 e. The van der Waals surface area contributed by atoms with E-state index in [9.17, 15) is 14.4 Å². The molecule has 1 atom stereocenters. The maximum atomic E-state index is 13.5. The largest absolute Gasteiger partial charge is 0.338 e. The highest BCUT2D eigenvalue weighted by Gasteiger charge is 2.35. The van der Waals surface area contributed by atoms with E-state index in [1.807, 2.05) is 24.3 Å². The van der Waals surface area contributed by atoms with E-state index in [2.05, 4.69) is 33.0 Å². The Morgan fingerprint density at radius 3 is 2.28 bits per heavy atom. The first-order valence-corrected chi connectivity index (χ1v) is 11.3. The number of benzene rings is 2. The first-order valence-electron chi connectivity index (χ1n) is 10.5. The van der Waals surface area contributed by atoms with E-state index in [1.165, 1.54) is 22.4 Å². The summed E-state index contributed by atoms with van der Waals surface area (Å²) in [6.45, 7) is 3.26. The molecule has 7 heteroatoms. The molecule has 32 heavy (non-hydrogen) atoms. The van der Waals surface area contributed by atoms with E-state index in [0.717, 1.165) is 11.0 Å². The van der Waals surface area contributed by atoms with Crippen LogP contribution in [0.4, 0.5) is 0 Å². The third kappa shape index (κ3) is 5.06. The molecule has 0 radical (unpaired) electrons. The van der Waals surface area contributed by atoms with Gasteiger partial charge in [0.15, 0.2) is 11.8 Å². The molecular weight excluding hydrogens is 470 g/mol. The second kappa shape index (κ2) is 10.1. The lowest BCUT2D eigenvalue weighted by Gasteiger charge is -2.36. The molecule has 2 aromatic carbocycles. The molecule has 1 amide bonds. The van der Waals surface area contributed by atoms with Crippen LogP contribution in [0.25, 0.3) is 0 Å². The molecule has 6 nitrogen and oxygen atoms in total. The molecule has 0 unspecified atom stereocenters. The van der Waals surface area contributed by atoms with Crippen LogP contribution in [0.3, 0.4) is 0 Å². The van der Waals surface area contributed by atoms with E-state index in [0.29, 0.717) is 31.7 Å². The lowest BCUT2D eigenvalue weighted by Crippen LogP contribution is -2.52. The molecule has 2 heterocycles. The Balaban J connectivity index is 1.54. The second-order valence-corrected chi connectivity index (χ2v) is 8.73. The number of ketones is 1. The summed E-state index contributed by atoms with van der Waals surface area (Å²) >= 11 is 3.38. The molecule has 0 bridgehead atoms. The van der Waals surface area contributed by atoms with Gasteiger partial charge < -0.3 is 4.90 Å². The minimum absolute atomic E-state index is 0.345. The predicted molar refractivity (Wildman–Crippen MR) is 127 cm³/mol. The van der Waals surface area contributed by atoms with E-state index < -0.39 is 11.8 Å². The molecule has 164 valence electrons. The van der Waals surface area contributed by atoms with Crippen LogP contribution in [-0.4, -0.2) is 52.2 Å². The Morgan fingerprint density at radius 1 is 0.875 bits per heavy atom. The molecule has 1 aliphatic heterocycles. The summed E-state index contributed by atoms with van der Waals surface area (Å²) in [5.74, 6) is -0.737. The molecule has 1 aromatic heterocycles. The van der Waals surface area contributed by atoms with Crippen molar-refractivity contribution in [1.29, 1.82) is 0 Å². The Hall–Kier alpha value is -3.03. The summed E-state index contributed by atoms with van der Waals surface area (Å²) in [5.41, 5.74) is 1.24. The first kappa shape index (κ1) is 22.2. The normalized spacial score (nSPS) is 15.3. The van der Waals surface area contributed by atoms with Crippen LogP contribution in [0.5, 0.6) is 0 Å². The maximum Gasteiger partial charge on any atom is 0.253 e. The van der Waals surface area contributed by atoms with Crippen LogP contribution in [0.15, 0.2) is 88.3 Å². The fourth-order valence-electron chi connectivity index (χ4n) is 3.95. The number of hydrogen-bond acceptors (Lipinski definition) is 4. The third-order valence-corrected chi connectivity index (χ3v) is 6.15. The van der Waals surface area contributed by atoms with Gasteiger partial charge in [0.2, 0.25) is 0 Å². The average molecular weight is 494 g/mol. The van der Waals surface area contributed by atoms with Gasteiger partial charge >= 0.3 is 0 Å². The standard InChI is InChI=1S/C25H24BrN3O3/c26-21-10-6-9-20(17-21)24(31)23(29-12-5-4-11-22(29)30)25(32)28-15-13-27(14-16-28)18-19-7-2-1-3-8-19/h1-12,17,23H,13-16,18H2/t23-/m0/s1. The SMILES string of the molecule is O=C(c1cccc(Br)c1)[C@@H](C(=O)N1CCN(Cc2ccccc2)CC1)n1ccccc1=O. The highest BCUT2D eigenvalue weighted by Crippen LogP contribution is 2.21. The molecule has 1 aliphatic rings. The van der Waals surface area contributed by atoms with Crippen LogP contribution < -0.4 is 5.56 Å². The Morgan fingerprint density at radius 2 is 1.59 bits per heavy atom. The number of rotatable bonds is 6. The zero-order valence-corrected chi connectivity index (χ0v) is 19.1. The van der Waals surface area contributed by atoms with Crippen LogP contribution in [-0.2, 0) is 11.3 Å². The summed E-state index contributed by atoms with van der Waals surface area (Å²) in [7, 11) is 0. The van der Waals surface area contributed by atoms with E-state index >= 15 is 0 Å². The quantitative estimate of drug-likeness (QED) is 0.390. The minimum Gasteiger partial charge on any atom is -0.338 e. The molecule has 0 spiro atoms. The molecule has 0 saturated carbocycles. The van der Waals surface area contributed by atoms with Crippen molar-refractivity contribution < 1.29 is 9.59 Å². The fourth-order valence-corrected chi connectivity index (χ4v) is 4.35. The van der Waals surface area contributed by atoms with Gasteiger partial charge in [-0.15, -0.1) is 0 Å². The van der Waals surface area contributed by atoms with Crippen molar-refractivity contribution in [2.24, 2.45) is 0 Å². The number of carbonyl (C=O) groups is 2. The molecular formula is C25H24BrN3O3. The summed E-state index contributed by atoms with van der Waals surface area (Å²) in [6, 6.07) is 20.5. The van der Waals surface area contributed by atoms with Gasteiger partial charge in [0, 0.05) is 55.0 Å². The number of halogens is 1. The molecule has 0 N–H and O–H groups in total. The number of carbonyl (C=O) groups excluding carboxylic acids is 2. The second-order valence-electron chi connectivity index (χ2n) is 7.81.